The lowest BCUT2D eigenvalue weighted by molar-refractivity contribution is -0.147. The summed E-state index contributed by atoms with van der Waals surface area (Å²) in [6.45, 7) is 4.79. The average molecular weight is 410 g/mol. The highest BCUT2D eigenvalue weighted by Crippen LogP contribution is 2.44. The largest absolute Gasteiger partial charge is 0.465 e. The highest BCUT2D eigenvalue weighted by molar-refractivity contribution is 5.79. The molecular formula is C25H31NO4. The highest BCUT2D eigenvalue weighted by Gasteiger charge is 2.29. The number of carbonyl (C=O) groups is 2. The fraction of sp³-hybridized carbons (Fsp3) is 0.440. The summed E-state index contributed by atoms with van der Waals surface area (Å²) in [6.07, 6.45) is 3.73. The number of alkyl carbamates (subject to hydrolysis) is 1. The van der Waals surface area contributed by atoms with Crippen molar-refractivity contribution in [2.24, 2.45) is 5.92 Å². The van der Waals surface area contributed by atoms with Crippen LogP contribution in [0.2, 0.25) is 0 Å². The molecule has 0 spiro atoms. The van der Waals surface area contributed by atoms with Crippen LogP contribution >= 0.6 is 0 Å². The molecule has 0 heterocycles. The first-order valence-corrected chi connectivity index (χ1v) is 10.9. The zero-order chi connectivity index (χ0) is 21.3. The van der Waals surface area contributed by atoms with Crippen LogP contribution in [0.4, 0.5) is 4.79 Å². The van der Waals surface area contributed by atoms with Gasteiger partial charge >= 0.3 is 12.1 Å². The van der Waals surface area contributed by atoms with Crippen LogP contribution in [0.3, 0.4) is 0 Å². The van der Waals surface area contributed by atoms with Gasteiger partial charge < -0.3 is 14.8 Å². The maximum Gasteiger partial charge on any atom is 0.407 e. The number of carbonyl (C=O) groups excluding carboxylic acids is 2. The second-order valence-electron chi connectivity index (χ2n) is 7.84. The zero-order valence-electron chi connectivity index (χ0n) is 17.9. The normalized spacial score (nSPS) is 13.3. The molecular weight excluding hydrogens is 378 g/mol. The third-order valence-corrected chi connectivity index (χ3v) is 5.54. The highest BCUT2D eigenvalue weighted by atomic mass is 16.5. The molecule has 0 bridgehead atoms. The second kappa shape index (κ2) is 10.8. The number of esters is 1. The summed E-state index contributed by atoms with van der Waals surface area (Å²) in [6, 6.07) is 16.4. The van der Waals surface area contributed by atoms with E-state index >= 15 is 0 Å². The predicted molar refractivity (Wildman–Crippen MR) is 117 cm³/mol. The van der Waals surface area contributed by atoms with E-state index in [4.69, 9.17) is 9.47 Å². The number of fused-ring (bicyclic) bond motifs is 3. The molecule has 160 valence electrons. The number of hydrogen-bond acceptors (Lipinski definition) is 4. The number of amides is 1. The molecule has 0 saturated heterocycles. The van der Waals surface area contributed by atoms with Crippen LogP contribution in [0.25, 0.3) is 11.1 Å². The minimum Gasteiger partial charge on any atom is -0.465 e. The van der Waals surface area contributed by atoms with Crippen LogP contribution in [0, 0.1) is 5.92 Å². The fourth-order valence-electron chi connectivity index (χ4n) is 3.81. The Bertz CT molecular complexity index is 818. The molecule has 0 saturated carbocycles. The summed E-state index contributed by atoms with van der Waals surface area (Å²) in [4.78, 5) is 24.2. The van der Waals surface area contributed by atoms with Crippen molar-refractivity contribution in [3.05, 3.63) is 59.7 Å². The van der Waals surface area contributed by atoms with Gasteiger partial charge in [0.25, 0.3) is 0 Å². The van der Waals surface area contributed by atoms with E-state index in [1.54, 1.807) is 6.92 Å². The van der Waals surface area contributed by atoms with Crippen LogP contribution in [-0.4, -0.2) is 31.8 Å². The second-order valence-corrected chi connectivity index (χ2v) is 7.84. The average Bonchev–Trinajstić information content (AvgIpc) is 3.09. The number of unbranched alkanes of at least 4 members (excludes halogenated alkanes) is 3. The SMILES string of the molecule is CCCCCCOC(=O)[C@@H](C)CNC(=O)OCC1c2ccccc2-c2ccccc21. The van der Waals surface area contributed by atoms with E-state index in [2.05, 4.69) is 36.5 Å². The van der Waals surface area contributed by atoms with Gasteiger partial charge in [-0.1, -0.05) is 81.6 Å². The lowest BCUT2D eigenvalue weighted by atomic mass is 9.98. The topological polar surface area (TPSA) is 64.6 Å². The fourth-order valence-corrected chi connectivity index (χ4v) is 3.81. The quantitative estimate of drug-likeness (QED) is 0.428. The number of ether oxygens (including phenoxy) is 2. The molecule has 5 heteroatoms. The molecule has 1 aliphatic carbocycles. The van der Waals surface area contributed by atoms with E-state index in [0.717, 1.165) is 25.7 Å². The minimum absolute atomic E-state index is 0.0219. The van der Waals surface area contributed by atoms with Crippen molar-refractivity contribution in [3.8, 4) is 11.1 Å². The number of nitrogens with one attached hydrogen (secondary N) is 1. The van der Waals surface area contributed by atoms with Crippen molar-refractivity contribution in [2.75, 3.05) is 19.8 Å². The molecule has 1 atom stereocenters. The molecule has 3 rings (SSSR count). The van der Waals surface area contributed by atoms with Crippen molar-refractivity contribution in [1.29, 1.82) is 0 Å². The van der Waals surface area contributed by atoms with Crippen LogP contribution in [-0.2, 0) is 14.3 Å². The first-order valence-electron chi connectivity index (χ1n) is 10.9. The summed E-state index contributed by atoms with van der Waals surface area (Å²) in [5.74, 6) is -0.671. The van der Waals surface area contributed by atoms with E-state index < -0.39 is 12.0 Å². The Kier molecular flexibility index (Phi) is 7.89. The van der Waals surface area contributed by atoms with Crippen LogP contribution in [0.1, 0.15) is 56.6 Å². The summed E-state index contributed by atoms with van der Waals surface area (Å²) < 4.78 is 10.8. The smallest absolute Gasteiger partial charge is 0.407 e. The number of benzene rings is 2. The first kappa shape index (κ1) is 21.9. The van der Waals surface area contributed by atoms with E-state index in [-0.39, 0.29) is 25.0 Å². The zero-order valence-corrected chi connectivity index (χ0v) is 17.9. The molecule has 1 amide bonds. The summed E-state index contributed by atoms with van der Waals surface area (Å²) in [5.41, 5.74) is 4.73. The molecule has 0 fully saturated rings. The van der Waals surface area contributed by atoms with Crippen molar-refractivity contribution in [2.45, 2.75) is 45.4 Å². The number of hydrogen-bond donors (Lipinski definition) is 1. The van der Waals surface area contributed by atoms with Gasteiger partial charge in [0.2, 0.25) is 0 Å². The summed E-state index contributed by atoms with van der Waals surface area (Å²) in [5, 5.41) is 2.68. The minimum atomic E-state index is -0.514. The van der Waals surface area contributed by atoms with Gasteiger partial charge in [-0.2, -0.15) is 0 Å². The molecule has 30 heavy (non-hydrogen) atoms. The van der Waals surface area contributed by atoms with Crippen molar-refractivity contribution in [1.82, 2.24) is 5.32 Å². The van der Waals surface area contributed by atoms with E-state index in [1.165, 1.54) is 22.3 Å². The predicted octanol–water partition coefficient (Wildman–Crippen LogP) is 5.28. The van der Waals surface area contributed by atoms with Gasteiger partial charge in [-0.25, -0.2) is 4.79 Å². The lowest BCUT2D eigenvalue weighted by Crippen LogP contribution is -2.33. The Morgan fingerprint density at radius 1 is 0.933 bits per heavy atom. The van der Waals surface area contributed by atoms with E-state index in [0.29, 0.717) is 6.61 Å². The number of rotatable bonds is 10. The van der Waals surface area contributed by atoms with E-state index in [1.807, 2.05) is 24.3 Å². The van der Waals surface area contributed by atoms with E-state index in [9.17, 15) is 9.59 Å². The molecule has 0 radical (unpaired) electrons. The molecule has 5 nitrogen and oxygen atoms in total. The molecule has 2 aromatic rings. The van der Waals surface area contributed by atoms with Crippen LogP contribution in [0.5, 0.6) is 0 Å². The van der Waals surface area contributed by atoms with Crippen molar-refractivity contribution < 1.29 is 19.1 Å². The maximum absolute atomic E-state index is 12.2. The lowest BCUT2D eigenvalue weighted by Gasteiger charge is -2.16. The molecule has 1 N–H and O–H groups in total. The molecule has 1 aliphatic rings. The summed E-state index contributed by atoms with van der Waals surface area (Å²) >= 11 is 0. The third-order valence-electron chi connectivity index (χ3n) is 5.54. The Morgan fingerprint density at radius 2 is 1.57 bits per heavy atom. The Morgan fingerprint density at radius 3 is 2.20 bits per heavy atom. The molecule has 0 aliphatic heterocycles. The first-order chi connectivity index (χ1) is 14.6. The molecule has 0 unspecified atom stereocenters. The maximum atomic E-state index is 12.2. The van der Waals surface area contributed by atoms with Crippen molar-refractivity contribution >= 4 is 12.1 Å². The van der Waals surface area contributed by atoms with Gasteiger partial charge in [-0.15, -0.1) is 0 Å². The Balaban J connectivity index is 1.44. The monoisotopic (exact) mass is 409 g/mol. The van der Waals surface area contributed by atoms with Gasteiger partial charge in [0.1, 0.15) is 6.61 Å². The Labute approximate surface area is 178 Å². The Hall–Kier alpha value is -2.82. The summed E-state index contributed by atoms with van der Waals surface area (Å²) in [7, 11) is 0. The van der Waals surface area contributed by atoms with Gasteiger partial charge in [-0.05, 0) is 28.7 Å². The van der Waals surface area contributed by atoms with Gasteiger partial charge in [0.15, 0.2) is 0 Å². The van der Waals surface area contributed by atoms with Gasteiger partial charge in [0.05, 0.1) is 12.5 Å². The van der Waals surface area contributed by atoms with Crippen LogP contribution in [0.15, 0.2) is 48.5 Å². The van der Waals surface area contributed by atoms with Crippen molar-refractivity contribution in [3.63, 3.8) is 0 Å². The molecule has 0 aromatic heterocycles. The standard InChI is InChI=1S/C25H31NO4/c1-3-4-5-10-15-29-24(27)18(2)16-26-25(28)30-17-23-21-13-8-6-11-19(21)20-12-7-9-14-22(20)23/h6-9,11-14,18,23H,3-5,10,15-17H2,1-2H3,(H,26,28)/t18-/m0/s1. The molecule has 2 aromatic carbocycles. The van der Waals surface area contributed by atoms with Gasteiger partial charge in [-0.3, -0.25) is 4.79 Å². The van der Waals surface area contributed by atoms with Gasteiger partial charge in [0, 0.05) is 12.5 Å². The van der Waals surface area contributed by atoms with Crippen LogP contribution < -0.4 is 5.32 Å². The third kappa shape index (κ3) is 5.41.